The van der Waals surface area contributed by atoms with Gasteiger partial charge in [-0.2, -0.15) is 0 Å². The molecule has 7 N–H and O–H groups in total. The van der Waals surface area contributed by atoms with Crippen LogP contribution in [0.5, 0.6) is 0 Å². The van der Waals surface area contributed by atoms with Crippen molar-refractivity contribution < 1.29 is 35.1 Å². The molecule has 23 heavy (non-hydrogen) atoms. The van der Waals surface area contributed by atoms with Crippen molar-refractivity contribution in [1.29, 1.82) is 0 Å². The molecule has 1 aromatic carbocycles. The lowest BCUT2D eigenvalue weighted by Gasteiger charge is -2.17. The average Bonchev–Trinajstić information content (AvgIpc) is 2.50. The maximum absolute atomic E-state index is 9.77. The first-order valence-electron chi connectivity index (χ1n) is 6.86. The molecular formula is C15H23NO7. The van der Waals surface area contributed by atoms with E-state index in [1.807, 2.05) is 6.07 Å². The number of benzene rings is 1. The quantitative estimate of drug-likeness (QED) is 0.396. The number of aryl methyl sites for hydroxylation is 2. The fourth-order valence-electron chi connectivity index (χ4n) is 2.03. The molecular weight excluding hydrogens is 306 g/mol. The Labute approximate surface area is 133 Å². The summed E-state index contributed by atoms with van der Waals surface area (Å²) in [7, 11) is 0. The third-order valence-electron chi connectivity index (χ3n) is 3.26. The van der Waals surface area contributed by atoms with Crippen molar-refractivity contribution in [2.24, 2.45) is 5.73 Å². The molecule has 130 valence electrons. The Bertz CT molecular complexity index is 490. The number of aliphatic hydroxyl groups excluding tert-OH is 3. The molecule has 0 heterocycles. The molecule has 0 spiro atoms. The summed E-state index contributed by atoms with van der Waals surface area (Å²) < 4.78 is 0. The zero-order chi connectivity index (χ0) is 18.2. The molecule has 0 fully saturated rings. The molecule has 1 rings (SSSR count). The van der Waals surface area contributed by atoms with Crippen LogP contribution in [0.2, 0.25) is 0 Å². The predicted molar refractivity (Wildman–Crippen MR) is 82.1 cm³/mol. The first kappa shape index (κ1) is 21.0. The van der Waals surface area contributed by atoms with Crippen LogP contribution in [0.4, 0.5) is 0 Å². The fraction of sp³-hybridized carbons (Fsp3) is 0.467. The van der Waals surface area contributed by atoms with E-state index < -0.39 is 24.1 Å². The molecule has 0 saturated heterocycles. The van der Waals surface area contributed by atoms with Crippen molar-refractivity contribution in [3.8, 4) is 0 Å². The summed E-state index contributed by atoms with van der Waals surface area (Å²) in [6.07, 6.45) is -4.53. The molecule has 0 saturated carbocycles. The van der Waals surface area contributed by atoms with Crippen molar-refractivity contribution in [2.75, 3.05) is 13.2 Å². The predicted octanol–water partition coefficient (Wildman–Crippen LogP) is -0.785. The lowest BCUT2D eigenvalue weighted by Crippen LogP contribution is -2.39. The SMILES string of the molecule is Cc1cccc(C)c1C(CN)CO.O=C(O)C(O)C(O)C(=O)O. The van der Waals surface area contributed by atoms with Gasteiger partial charge in [0.05, 0.1) is 6.61 Å². The Morgan fingerprint density at radius 3 is 1.70 bits per heavy atom. The van der Waals surface area contributed by atoms with E-state index in [-0.39, 0.29) is 12.5 Å². The number of nitrogens with two attached hydrogens (primary N) is 1. The summed E-state index contributed by atoms with van der Waals surface area (Å²) in [4.78, 5) is 19.5. The van der Waals surface area contributed by atoms with Gasteiger partial charge in [-0.3, -0.25) is 0 Å². The van der Waals surface area contributed by atoms with E-state index in [4.69, 9.17) is 31.3 Å². The highest BCUT2D eigenvalue weighted by molar-refractivity contribution is 5.83. The Morgan fingerprint density at radius 2 is 1.43 bits per heavy atom. The summed E-state index contributed by atoms with van der Waals surface area (Å²) in [6.45, 7) is 4.74. The second-order valence-corrected chi connectivity index (χ2v) is 4.99. The summed E-state index contributed by atoms with van der Waals surface area (Å²) in [6, 6.07) is 6.14. The molecule has 0 aliphatic heterocycles. The van der Waals surface area contributed by atoms with Gasteiger partial charge in [-0.05, 0) is 30.5 Å². The van der Waals surface area contributed by atoms with Crippen molar-refractivity contribution in [3.63, 3.8) is 0 Å². The number of aliphatic hydroxyl groups is 3. The molecule has 0 aliphatic carbocycles. The van der Waals surface area contributed by atoms with Crippen LogP contribution in [-0.2, 0) is 9.59 Å². The van der Waals surface area contributed by atoms with E-state index in [0.717, 1.165) is 0 Å². The molecule has 3 unspecified atom stereocenters. The van der Waals surface area contributed by atoms with Gasteiger partial charge in [0.25, 0.3) is 0 Å². The molecule has 0 bridgehead atoms. The summed E-state index contributed by atoms with van der Waals surface area (Å²) in [5.41, 5.74) is 9.22. The Hall–Kier alpha value is -2.00. The topological polar surface area (TPSA) is 161 Å². The summed E-state index contributed by atoms with van der Waals surface area (Å²) in [5.74, 6) is -3.45. The average molecular weight is 329 g/mol. The van der Waals surface area contributed by atoms with E-state index in [2.05, 4.69) is 26.0 Å². The van der Waals surface area contributed by atoms with Gasteiger partial charge in [-0.15, -0.1) is 0 Å². The van der Waals surface area contributed by atoms with Gasteiger partial charge in [0.15, 0.2) is 12.2 Å². The first-order chi connectivity index (χ1) is 10.7. The third-order valence-corrected chi connectivity index (χ3v) is 3.26. The van der Waals surface area contributed by atoms with Gasteiger partial charge in [0.1, 0.15) is 0 Å². The van der Waals surface area contributed by atoms with Gasteiger partial charge in [-0.25, -0.2) is 9.59 Å². The van der Waals surface area contributed by atoms with Gasteiger partial charge in [0.2, 0.25) is 0 Å². The molecule has 0 aromatic heterocycles. The number of hydrogen-bond acceptors (Lipinski definition) is 6. The lowest BCUT2D eigenvalue weighted by atomic mass is 9.91. The highest BCUT2D eigenvalue weighted by atomic mass is 16.4. The van der Waals surface area contributed by atoms with E-state index in [0.29, 0.717) is 6.54 Å². The van der Waals surface area contributed by atoms with Gasteiger partial charge < -0.3 is 31.3 Å². The number of carboxylic acid groups (broad SMARTS) is 2. The molecule has 8 nitrogen and oxygen atoms in total. The fourth-order valence-corrected chi connectivity index (χ4v) is 2.03. The van der Waals surface area contributed by atoms with E-state index >= 15 is 0 Å². The van der Waals surface area contributed by atoms with E-state index in [9.17, 15) is 9.59 Å². The maximum atomic E-state index is 9.77. The minimum Gasteiger partial charge on any atom is -0.479 e. The molecule has 8 heteroatoms. The molecule has 0 aliphatic rings. The number of carboxylic acids is 2. The first-order valence-corrected chi connectivity index (χ1v) is 6.86. The Balaban J connectivity index is 0.000000438. The van der Waals surface area contributed by atoms with Crippen LogP contribution >= 0.6 is 0 Å². The minimum atomic E-state index is -2.27. The summed E-state index contributed by atoms with van der Waals surface area (Å²) in [5, 5.41) is 41.7. The van der Waals surface area contributed by atoms with Crippen LogP contribution in [0.25, 0.3) is 0 Å². The van der Waals surface area contributed by atoms with Crippen LogP contribution in [-0.4, -0.2) is 62.8 Å². The van der Waals surface area contributed by atoms with Crippen molar-refractivity contribution in [2.45, 2.75) is 32.0 Å². The third kappa shape index (κ3) is 6.33. The van der Waals surface area contributed by atoms with Gasteiger partial charge >= 0.3 is 11.9 Å². The minimum absolute atomic E-state index is 0.0844. The number of rotatable bonds is 6. The number of aliphatic carboxylic acids is 2. The number of carbonyl (C=O) groups is 2. The van der Waals surface area contributed by atoms with Gasteiger partial charge in [-0.1, -0.05) is 18.2 Å². The monoisotopic (exact) mass is 329 g/mol. The second kappa shape index (κ2) is 9.90. The van der Waals surface area contributed by atoms with Crippen LogP contribution in [0.3, 0.4) is 0 Å². The van der Waals surface area contributed by atoms with Crippen LogP contribution < -0.4 is 5.73 Å². The molecule has 0 radical (unpaired) electrons. The second-order valence-electron chi connectivity index (χ2n) is 4.99. The Morgan fingerprint density at radius 1 is 1.04 bits per heavy atom. The van der Waals surface area contributed by atoms with Crippen molar-refractivity contribution in [1.82, 2.24) is 0 Å². The smallest absolute Gasteiger partial charge is 0.335 e. The molecule has 3 atom stereocenters. The van der Waals surface area contributed by atoms with Crippen LogP contribution in [0.15, 0.2) is 18.2 Å². The van der Waals surface area contributed by atoms with Crippen LogP contribution in [0, 0.1) is 13.8 Å². The van der Waals surface area contributed by atoms with Crippen LogP contribution in [0.1, 0.15) is 22.6 Å². The standard InChI is InChI=1S/C11H17NO.C4H6O6/c1-8-4-3-5-9(2)11(8)10(6-12)7-13;5-1(3(7)8)2(6)4(9)10/h3-5,10,13H,6-7,12H2,1-2H3;1-2,5-6H,(H,7,8)(H,9,10). The lowest BCUT2D eigenvalue weighted by molar-refractivity contribution is -0.165. The highest BCUT2D eigenvalue weighted by Gasteiger charge is 2.29. The molecule has 0 amide bonds. The van der Waals surface area contributed by atoms with Crippen molar-refractivity contribution >= 4 is 11.9 Å². The normalized spacial score (nSPS) is 14.2. The maximum Gasteiger partial charge on any atom is 0.335 e. The Kier molecular flexibility index (Phi) is 9.04. The zero-order valence-electron chi connectivity index (χ0n) is 13.0. The zero-order valence-corrected chi connectivity index (χ0v) is 13.0. The van der Waals surface area contributed by atoms with E-state index in [1.54, 1.807) is 0 Å². The van der Waals surface area contributed by atoms with Gasteiger partial charge in [0, 0.05) is 12.5 Å². The van der Waals surface area contributed by atoms with Crippen molar-refractivity contribution in [3.05, 3.63) is 34.9 Å². The highest BCUT2D eigenvalue weighted by Crippen LogP contribution is 2.22. The largest absolute Gasteiger partial charge is 0.479 e. The van der Waals surface area contributed by atoms with E-state index in [1.165, 1.54) is 16.7 Å². The summed E-state index contributed by atoms with van der Waals surface area (Å²) >= 11 is 0. The molecule has 1 aromatic rings. The number of hydrogen-bond donors (Lipinski definition) is 6.